The Bertz CT molecular complexity index is 904. The molecule has 0 amide bonds. The van der Waals surface area contributed by atoms with Gasteiger partial charge in [-0.25, -0.2) is 0 Å². The second-order valence-corrected chi connectivity index (χ2v) is 9.68. The Morgan fingerprint density at radius 1 is 0.824 bits per heavy atom. The van der Waals surface area contributed by atoms with Crippen LogP contribution in [-0.4, -0.2) is 48.3 Å². The zero-order valence-corrected chi connectivity index (χ0v) is 19.5. The van der Waals surface area contributed by atoms with Gasteiger partial charge in [0.2, 0.25) is 0 Å². The molecule has 2 aliphatic heterocycles. The highest BCUT2D eigenvalue weighted by molar-refractivity contribution is 5.71. The van der Waals surface area contributed by atoms with Gasteiger partial charge in [0.05, 0.1) is 11.8 Å². The third-order valence-electron chi connectivity index (χ3n) is 7.30. The maximum atomic E-state index is 11.8. The number of carbonyl (C=O) groups is 2. The first-order valence-electron chi connectivity index (χ1n) is 12.3. The van der Waals surface area contributed by atoms with E-state index in [4.69, 9.17) is 0 Å². The van der Waals surface area contributed by atoms with Gasteiger partial charge in [-0.05, 0) is 92.5 Å². The Labute approximate surface area is 201 Å². The summed E-state index contributed by atoms with van der Waals surface area (Å²) in [5, 5.41) is 29.4. The van der Waals surface area contributed by atoms with Gasteiger partial charge in [0.15, 0.2) is 0 Å². The largest absolute Gasteiger partial charge is 0.481 e. The van der Waals surface area contributed by atoms with Gasteiger partial charge in [0.25, 0.3) is 0 Å². The van der Waals surface area contributed by atoms with Crippen LogP contribution in [0.3, 0.4) is 0 Å². The molecule has 4 atom stereocenters. The summed E-state index contributed by atoms with van der Waals surface area (Å²) in [6.45, 7) is 3.94. The molecule has 2 aromatic rings. The Morgan fingerprint density at radius 3 is 1.88 bits per heavy atom. The van der Waals surface area contributed by atoms with E-state index in [-0.39, 0.29) is 23.7 Å². The summed E-state index contributed by atoms with van der Waals surface area (Å²) in [5.74, 6) is -1.84. The van der Waals surface area contributed by atoms with Crippen molar-refractivity contribution in [2.75, 3.05) is 31.5 Å². The molecular formula is C27H35N3O4. The molecule has 5 N–H and O–H groups in total. The number of carboxylic acid groups (broad SMARTS) is 2. The van der Waals surface area contributed by atoms with Gasteiger partial charge < -0.3 is 26.2 Å². The average Bonchev–Trinajstić information content (AvgIpc) is 3.55. The summed E-state index contributed by atoms with van der Waals surface area (Å²) in [6, 6.07) is 16.1. The predicted molar refractivity (Wildman–Crippen MR) is 132 cm³/mol. The van der Waals surface area contributed by atoms with E-state index < -0.39 is 11.9 Å². The zero-order valence-electron chi connectivity index (χ0n) is 19.5. The first kappa shape index (κ1) is 24.2. The van der Waals surface area contributed by atoms with Crippen LogP contribution in [0.1, 0.15) is 29.5 Å². The van der Waals surface area contributed by atoms with Crippen molar-refractivity contribution in [3.8, 4) is 0 Å². The number of hydrogen-bond donors (Lipinski definition) is 5. The van der Waals surface area contributed by atoms with Crippen molar-refractivity contribution in [3.63, 3.8) is 0 Å². The lowest BCUT2D eigenvalue weighted by molar-refractivity contribution is -0.144. The van der Waals surface area contributed by atoms with E-state index in [1.165, 1.54) is 0 Å². The molecule has 2 aliphatic rings. The normalized spacial score (nSPS) is 21.8. The number of benzene rings is 2. The van der Waals surface area contributed by atoms with Gasteiger partial charge in [-0.3, -0.25) is 9.59 Å². The molecule has 2 unspecified atom stereocenters. The quantitative estimate of drug-likeness (QED) is 0.347. The van der Waals surface area contributed by atoms with Crippen LogP contribution < -0.4 is 16.0 Å². The van der Waals surface area contributed by atoms with Crippen LogP contribution in [0.5, 0.6) is 0 Å². The van der Waals surface area contributed by atoms with Crippen LogP contribution >= 0.6 is 0 Å². The smallest absolute Gasteiger partial charge is 0.307 e. The lowest BCUT2D eigenvalue weighted by Crippen LogP contribution is -2.27. The van der Waals surface area contributed by atoms with Crippen LogP contribution in [0.4, 0.5) is 5.69 Å². The summed E-state index contributed by atoms with van der Waals surface area (Å²) in [6.07, 6.45) is 2.89. The molecule has 2 fully saturated rings. The molecule has 4 rings (SSSR count). The molecule has 0 bridgehead atoms. The maximum Gasteiger partial charge on any atom is 0.307 e. The van der Waals surface area contributed by atoms with Gasteiger partial charge in [-0.1, -0.05) is 36.4 Å². The van der Waals surface area contributed by atoms with Gasteiger partial charge in [0.1, 0.15) is 0 Å². The molecular weight excluding hydrogens is 430 g/mol. The second-order valence-electron chi connectivity index (χ2n) is 9.68. The van der Waals surface area contributed by atoms with Crippen LogP contribution in [0, 0.1) is 23.7 Å². The third kappa shape index (κ3) is 6.36. The fourth-order valence-electron chi connectivity index (χ4n) is 5.34. The SMILES string of the molecule is O=C(O)C(Cc1cccc(CNc2cccc(CC(C(=O)O)[C@H]3CCNC3)c2)c1)[C@H]1CCNC1. The molecule has 0 aromatic heterocycles. The Morgan fingerprint density at radius 2 is 1.35 bits per heavy atom. The molecule has 2 aromatic carbocycles. The fourth-order valence-corrected chi connectivity index (χ4v) is 5.34. The molecule has 2 heterocycles. The summed E-state index contributed by atoms with van der Waals surface area (Å²) in [7, 11) is 0. The van der Waals surface area contributed by atoms with E-state index in [0.29, 0.717) is 19.4 Å². The molecule has 0 radical (unpaired) electrons. The molecule has 182 valence electrons. The van der Waals surface area contributed by atoms with E-state index in [9.17, 15) is 19.8 Å². The van der Waals surface area contributed by atoms with Crippen LogP contribution in [0.2, 0.25) is 0 Å². The summed E-state index contributed by atoms with van der Waals surface area (Å²) < 4.78 is 0. The second kappa shape index (κ2) is 11.5. The number of rotatable bonds is 11. The highest BCUT2D eigenvalue weighted by atomic mass is 16.4. The van der Waals surface area contributed by atoms with Crippen LogP contribution in [0.15, 0.2) is 48.5 Å². The third-order valence-corrected chi connectivity index (χ3v) is 7.30. The van der Waals surface area contributed by atoms with Crippen molar-refractivity contribution in [1.29, 1.82) is 0 Å². The number of carboxylic acids is 2. The maximum absolute atomic E-state index is 11.8. The van der Waals surface area contributed by atoms with E-state index in [1.54, 1.807) is 0 Å². The number of aliphatic carboxylic acids is 2. The highest BCUT2D eigenvalue weighted by Gasteiger charge is 2.31. The van der Waals surface area contributed by atoms with Crippen molar-refractivity contribution in [3.05, 3.63) is 65.2 Å². The van der Waals surface area contributed by atoms with Crippen LogP contribution in [-0.2, 0) is 29.0 Å². The summed E-state index contributed by atoms with van der Waals surface area (Å²) in [4.78, 5) is 23.7. The van der Waals surface area contributed by atoms with Crippen molar-refractivity contribution >= 4 is 17.6 Å². The van der Waals surface area contributed by atoms with Gasteiger partial charge in [-0.15, -0.1) is 0 Å². The lowest BCUT2D eigenvalue weighted by atomic mass is 9.86. The topological polar surface area (TPSA) is 111 Å². The Balaban J connectivity index is 1.37. The molecule has 7 nitrogen and oxygen atoms in total. The minimum Gasteiger partial charge on any atom is -0.481 e. The number of nitrogens with one attached hydrogen (secondary N) is 3. The lowest BCUT2D eigenvalue weighted by Gasteiger charge is -2.19. The number of hydrogen-bond acceptors (Lipinski definition) is 5. The Hall–Kier alpha value is -2.90. The molecule has 0 spiro atoms. The highest BCUT2D eigenvalue weighted by Crippen LogP contribution is 2.26. The first-order chi connectivity index (χ1) is 16.5. The molecule has 2 saturated heterocycles. The van der Waals surface area contributed by atoms with E-state index >= 15 is 0 Å². The zero-order chi connectivity index (χ0) is 23.9. The van der Waals surface area contributed by atoms with Crippen molar-refractivity contribution in [2.45, 2.75) is 32.2 Å². The van der Waals surface area contributed by atoms with Crippen molar-refractivity contribution in [1.82, 2.24) is 10.6 Å². The van der Waals surface area contributed by atoms with Crippen molar-refractivity contribution in [2.24, 2.45) is 23.7 Å². The molecule has 7 heteroatoms. The van der Waals surface area contributed by atoms with E-state index in [0.717, 1.165) is 61.4 Å². The average molecular weight is 466 g/mol. The monoisotopic (exact) mass is 465 g/mol. The molecule has 0 saturated carbocycles. The predicted octanol–water partition coefficient (Wildman–Crippen LogP) is 3.00. The van der Waals surface area contributed by atoms with Gasteiger partial charge in [-0.2, -0.15) is 0 Å². The molecule has 34 heavy (non-hydrogen) atoms. The van der Waals surface area contributed by atoms with Gasteiger partial charge >= 0.3 is 11.9 Å². The van der Waals surface area contributed by atoms with Gasteiger partial charge in [0, 0.05) is 12.2 Å². The first-order valence-corrected chi connectivity index (χ1v) is 12.3. The minimum atomic E-state index is -0.725. The minimum absolute atomic E-state index is 0.173. The fraction of sp³-hybridized carbons (Fsp3) is 0.481. The molecule has 0 aliphatic carbocycles. The van der Waals surface area contributed by atoms with E-state index in [2.05, 4.69) is 22.0 Å². The van der Waals surface area contributed by atoms with Crippen LogP contribution in [0.25, 0.3) is 0 Å². The number of anilines is 1. The Kier molecular flexibility index (Phi) is 8.19. The standard InChI is InChI=1S/C27H35N3O4/c31-26(32)24(21-7-9-28-16-21)13-18-3-1-5-20(11-18)15-30-23-6-2-4-19(12-23)14-25(27(33)34)22-8-10-29-17-22/h1-6,11-12,21-22,24-25,28-30H,7-10,13-17H2,(H,31,32)(H,33,34)/t21-,22-,24?,25?/m0/s1. The summed E-state index contributed by atoms with van der Waals surface area (Å²) in [5.41, 5.74) is 4.11. The van der Waals surface area contributed by atoms with E-state index in [1.807, 2.05) is 42.5 Å². The summed E-state index contributed by atoms with van der Waals surface area (Å²) >= 11 is 0. The van der Waals surface area contributed by atoms with Crippen molar-refractivity contribution < 1.29 is 19.8 Å².